The first-order valence-electron chi connectivity index (χ1n) is 14.3. The molecule has 3 amide bonds. The zero-order chi connectivity index (χ0) is 31.9. The SMILES string of the molecule is COCCOc1cc2nccc(Oc3ccc(NC(=O)Nc4cc(C(C)(C)C)nn4CCN(C)C)cc3)c2cc1NC(C)=O. The number of amides is 3. The Bertz CT molecular complexity index is 1590. The van der Waals surface area contributed by atoms with Crippen LogP contribution >= 0.6 is 0 Å². The lowest BCUT2D eigenvalue weighted by atomic mass is 9.92. The van der Waals surface area contributed by atoms with Crippen molar-refractivity contribution < 1.29 is 23.8 Å². The number of urea groups is 1. The van der Waals surface area contributed by atoms with Crippen LogP contribution in [0.15, 0.2) is 54.7 Å². The van der Waals surface area contributed by atoms with Gasteiger partial charge >= 0.3 is 6.03 Å². The second-order valence-electron chi connectivity index (χ2n) is 11.6. The lowest BCUT2D eigenvalue weighted by Crippen LogP contribution is -2.24. The normalized spacial score (nSPS) is 11.5. The number of pyridine rings is 1. The summed E-state index contributed by atoms with van der Waals surface area (Å²) in [5.41, 5.74) is 2.48. The molecule has 0 atom stereocenters. The molecule has 0 aliphatic rings. The largest absolute Gasteiger partial charge is 0.489 e. The first kappa shape index (κ1) is 32.2. The summed E-state index contributed by atoms with van der Waals surface area (Å²) in [6.07, 6.45) is 1.64. The van der Waals surface area contributed by atoms with E-state index in [1.807, 2.05) is 24.8 Å². The molecule has 4 rings (SSSR count). The molecule has 2 aromatic carbocycles. The Morgan fingerprint density at radius 3 is 2.36 bits per heavy atom. The van der Waals surface area contributed by atoms with Crippen molar-refractivity contribution in [2.75, 3.05) is 56.9 Å². The maximum absolute atomic E-state index is 12.9. The molecule has 44 heavy (non-hydrogen) atoms. The number of aromatic nitrogens is 3. The lowest BCUT2D eigenvalue weighted by molar-refractivity contribution is -0.114. The minimum Gasteiger partial charge on any atom is -0.489 e. The van der Waals surface area contributed by atoms with Crippen LogP contribution in [0.2, 0.25) is 0 Å². The van der Waals surface area contributed by atoms with Crippen molar-refractivity contribution in [1.29, 1.82) is 0 Å². The van der Waals surface area contributed by atoms with E-state index in [9.17, 15) is 9.59 Å². The second kappa shape index (κ2) is 14.2. The molecular weight excluding hydrogens is 562 g/mol. The van der Waals surface area contributed by atoms with Gasteiger partial charge in [0.15, 0.2) is 0 Å². The van der Waals surface area contributed by atoms with Crippen LogP contribution < -0.4 is 25.4 Å². The summed E-state index contributed by atoms with van der Waals surface area (Å²) in [5, 5.41) is 14.0. The first-order chi connectivity index (χ1) is 20.9. The van der Waals surface area contributed by atoms with Gasteiger partial charge in [-0.3, -0.25) is 15.1 Å². The number of carbonyl (C=O) groups is 2. The number of rotatable bonds is 12. The van der Waals surface area contributed by atoms with Crippen LogP contribution in [-0.4, -0.2) is 72.6 Å². The van der Waals surface area contributed by atoms with Crippen molar-refractivity contribution in [2.45, 2.75) is 39.7 Å². The summed E-state index contributed by atoms with van der Waals surface area (Å²) in [6.45, 7) is 9.85. The quantitative estimate of drug-likeness (QED) is 0.176. The number of fused-ring (bicyclic) bond motifs is 1. The molecule has 12 heteroatoms. The fourth-order valence-corrected chi connectivity index (χ4v) is 4.24. The maximum atomic E-state index is 12.9. The number of likely N-dealkylation sites (N-methyl/N-ethyl adjacent to an activating group) is 1. The third-order valence-electron chi connectivity index (χ3n) is 6.55. The molecule has 0 spiro atoms. The monoisotopic (exact) mass is 603 g/mol. The molecule has 2 aromatic heterocycles. The van der Waals surface area contributed by atoms with Gasteiger partial charge in [-0.2, -0.15) is 5.10 Å². The molecule has 2 heterocycles. The Labute approximate surface area is 257 Å². The van der Waals surface area contributed by atoms with E-state index < -0.39 is 0 Å². The molecule has 0 radical (unpaired) electrons. The molecule has 0 fully saturated rings. The summed E-state index contributed by atoms with van der Waals surface area (Å²) < 4.78 is 18.9. The number of anilines is 3. The molecule has 4 aromatic rings. The van der Waals surface area contributed by atoms with Crippen molar-refractivity contribution in [2.24, 2.45) is 0 Å². The fourth-order valence-electron chi connectivity index (χ4n) is 4.24. The molecule has 0 bridgehead atoms. The molecule has 0 unspecified atom stereocenters. The third-order valence-corrected chi connectivity index (χ3v) is 6.55. The van der Waals surface area contributed by atoms with Crippen LogP contribution in [0.3, 0.4) is 0 Å². The molecule has 3 N–H and O–H groups in total. The van der Waals surface area contributed by atoms with Gasteiger partial charge in [0.25, 0.3) is 0 Å². The topological polar surface area (TPSA) is 132 Å². The Morgan fingerprint density at radius 1 is 0.955 bits per heavy atom. The highest BCUT2D eigenvalue weighted by Gasteiger charge is 2.21. The number of nitrogens with zero attached hydrogens (tertiary/aromatic N) is 4. The van der Waals surface area contributed by atoms with Crippen LogP contribution in [0, 0.1) is 0 Å². The number of benzene rings is 2. The highest BCUT2D eigenvalue weighted by Crippen LogP contribution is 2.36. The Balaban J connectivity index is 1.47. The minimum atomic E-state index is -0.376. The first-order valence-corrected chi connectivity index (χ1v) is 14.3. The smallest absolute Gasteiger partial charge is 0.324 e. The van der Waals surface area contributed by atoms with Gasteiger partial charge < -0.3 is 29.7 Å². The predicted molar refractivity (Wildman–Crippen MR) is 172 cm³/mol. The van der Waals surface area contributed by atoms with Crippen molar-refractivity contribution in [3.8, 4) is 17.2 Å². The molecule has 0 saturated carbocycles. The van der Waals surface area contributed by atoms with E-state index >= 15 is 0 Å². The van der Waals surface area contributed by atoms with Gasteiger partial charge in [-0.15, -0.1) is 0 Å². The van der Waals surface area contributed by atoms with E-state index in [4.69, 9.17) is 19.3 Å². The van der Waals surface area contributed by atoms with E-state index in [1.54, 1.807) is 55.8 Å². The highest BCUT2D eigenvalue weighted by atomic mass is 16.5. The minimum absolute atomic E-state index is 0.155. The van der Waals surface area contributed by atoms with Gasteiger partial charge in [-0.1, -0.05) is 20.8 Å². The van der Waals surface area contributed by atoms with Gasteiger partial charge in [-0.25, -0.2) is 9.48 Å². The van der Waals surface area contributed by atoms with Crippen LogP contribution in [0.4, 0.5) is 22.0 Å². The van der Waals surface area contributed by atoms with Crippen molar-refractivity contribution in [3.63, 3.8) is 0 Å². The van der Waals surface area contributed by atoms with Gasteiger partial charge in [-0.05, 0) is 50.5 Å². The van der Waals surface area contributed by atoms with Crippen molar-refractivity contribution >= 4 is 40.0 Å². The Morgan fingerprint density at radius 2 is 1.70 bits per heavy atom. The summed E-state index contributed by atoms with van der Waals surface area (Å²) in [7, 11) is 5.59. The Kier molecular flexibility index (Phi) is 10.4. The molecule has 0 saturated heterocycles. The average Bonchev–Trinajstić information content (AvgIpc) is 3.36. The number of methoxy groups -OCH3 is 1. The molecule has 0 aliphatic carbocycles. The van der Waals surface area contributed by atoms with Gasteiger partial charge in [0.05, 0.1) is 30.0 Å². The van der Waals surface area contributed by atoms with Crippen LogP contribution in [0.5, 0.6) is 17.2 Å². The summed E-state index contributed by atoms with van der Waals surface area (Å²) in [4.78, 5) is 31.3. The van der Waals surface area contributed by atoms with Gasteiger partial charge in [0.1, 0.15) is 29.7 Å². The average molecular weight is 604 g/mol. The number of nitrogens with one attached hydrogen (secondary N) is 3. The summed E-state index contributed by atoms with van der Waals surface area (Å²) in [5.74, 6) is 1.99. The standard InChI is InChI=1S/C32H41N7O5/c1-21(40)34-26-18-24-25(19-28(26)43-17-16-42-7)33-13-12-27(24)44-23-10-8-22(9-11-23)35-31(41)36-30-20-29(32(2,3)4)37-39(30)15-14-38(5)6/h8-13,18-20H,14-17H2,1-7H3,(H,34,40)(H2,35,36,41). The van der Waals surface area contributed by atoms with Crippen molar-refractivity contribution in [1.82, 2.24) is 19.7 Å². The third kappa shape index (κ3) is 8.68. The lowest BCUT2D eigenvalue weighted by Gasteiger charge is -2.15. The zero-order valence-corrected chi connectivity index (χ0v) is 26.4. The maximum Gasteiger partial charge on any atom is 0.324 e. The zero-order valence-electron chi connectivity index (χ0n) is 26.4. The van der Waals surface area contributed by atoms with Crippen LogP contribution in [0.25, 0.3) is 10.9 Å². The number of carbonyl (C=O) groups excluding carboxylic acids is 2. The summed E-state index contributed by atoms with van der Waals surface area (Å²) >= 11 is 0. The summed E-state index contributed by atoms with van der Waals surface area (Å²) in [6, 6.07) is 13.9. The Hall–Kier alpha value is -4.68. The van der Waals surface area contributed by atoms with E-state index in [2.05, 4.69) is 46.6 Å². The van der Waals surface area contributed by atoms with Crippen LogP contribution in [-0.2, 0) is 21.5 Å². The molecular formula is C32H41N7O5. The van der Waals surface area contributed by atoms with Gasteiger partial charge in [0, 0.05) is 55.4 Å². The van der Waals surface area contributed by atoms with E-state index in [-0.39, 0.29) is 17.4 Å². The van der Waals surface area contributed by atoms with E-state index in [0.29, 0.717) is 65.1 Å². The van der Waals surface area contributed by atoms with Gasteiger partial charge in [0.2, 0.25) is 5.91 Å². The molecule has 12 nitrogen and oxygen atoms in total. The predicted octanol–water partition coefficient (Wildman–Crippen LogP) is 5.71. The van der Waals surface area contributed by atoms with Crippen molar-refractivity contribution in [3.05, 3.63) is 60.4 Å². The second-order valence-corrected chi connectivity index (χ2v) is 11.6. The molecule has 234 valence electrons. The number of hydrogen-bond acceptors (Lipinski definition) is 8. The van der Waals surface area contributed by atoms with Crippen LogP contribution in [0.1, 0.15) is 33.4 Å². The molecule has 0 aliphatic heterocycles. The fraction of sp³-hybridized carbons (Fsp3) is 0.375. The number of ether oxygens (including phenoxy) is 3. The number of hydrogen-bond donors (Lipinski definition) is 3. The van der Waals surface area contributed by atoms with E-state index in [0.717, 1.165) is 12.2 Å². The highest BCUT2D eigenvalue weighted by molar-refractivity contribution is 5.99. The van der Waals surface area contributed by atoms with E-state index in [1.165, 1.54) is 6.92 Å².